The van der Waals surface area contributed by atoms with Crippen LogP contribution in [0.3, 0.4) is 0 Å². The minimum atomic E-state index is -0.434. The number of carbonyl (C=O) groups excluding carboxylic acids is 2. The molecular weight excluding hydrogens is 372 g/mol. The Labute approximate surface area is 175 Å². The number of anilines is 1. The van der Waals surface area contributed by atoms with Crippen LogP contribution in [-0.4, -0.2) is 16.4 Å². The highest BCUT2D eigenvalue weighted by Crippen LogP contribution is 2.38. The number of carbonyl (C=O) groups is 2. The summed E-state index contributed by atoms with van der Waals surface area (Å²) >= 11 is 0. The highest BCUT2D eigenvalue weighted by atomic mass is 16.2. The zero-order valence-corrected chi connectivity index (χ0v) is 17.0. The van der Waals surface area contributed by atoms with Crippen LogP contribution in [-0.2, 0) is 16.1 Å². The summed E-state index contributed by atoms with van der Waals surface area (Å²) in [6.07, 6.45) is 4.49. The molecule has 4 nitrogen and oxygen atoms in total. The second-order valence-electron chi connectivity index (χ2n) is 8.00. The summed E-state index contributed by atoms with van der Waals surface area (Å²) in [7, 11) is 0. The lowest BCUT2D eigenvalue weighted by molar-refractivity contribution is -0.121. The third-order valence-electron chi connectivity index (χ3n) is 6.09. The third kappa shape index (κ3) is 3.00. The fraction of sp³-hybridized carbons (Fsp3) is 0.231. The van der Waals surface area contributed by atoms with Crippen molar-refractivity contribution in [1.82, 2.24) is 4.57 Å². The lowest BCUT2D eigenvalue weighted by atomic mass is 9.97. The Kier molecular flexibility index (Phi) is 4.62. The number of hydrogen-bond donors (Lipinski definition) is 0. The second-order valence-corrected chi connectivity index (χ2v) is 8.00. The number of nitrogens with zero attached hydrogens (tertiary/aromatic N) is 2. The van der Waals surface area contributed by atoms with Crippen LogP contribution in [0.15, 0.2) is 72.9 Å². The summed E-state index contributed by atoms with van der Waals surface area (Å²) in [5, 5.41) is 3.19. The van der Waals surface area contributed by atoms with Gasteiger partial charge in [0.25, 0.3) is 0 Å². The number of aromatic nitrogens is 1. The van der Waals surface area contributed by atoms with Crippen LogP contribution in [0.1, 0.15) is 37.7 Å². The number of benzene rings is 3. The van der Waals surface area contributed by atoms with Crippen LogP contribution in [0.4, 0.5) is 5.69 Å². The molecule has 1 fully saturated rings. The van der Waals surface area contributed by atoms with Gasteiger partial charge in [0.15, 0.2) is 0 Å². The minimum Gasteiger partial charge on any atom is -0.347 e. The average Bonchev–Trinajstić information content (AvgIpc) is 3.28. The molecule has 0 saturated carbocycles. The SMILES string of the molecule is CCCCn1cc([C@@H]2CC(=O)N(c3ccc4ccccc4c3)C2=O)c2ccccc21. The molecule has 2 heterocycles. The Balaban J connectivity index is 1.54. The van der Waals surface area contributed by atoms with E-state index in [1.54, 1.807) is 0 Å². The number of para-hydroxylation sites is 1. The van der Waals surface area contributed by atoms with Gasteiger partial charge in [0.05, 0.1) is 11.6 Å². The predicted molar refractivity (Wildman–Crippen MR) is 121 cm³/mol. The smallest absolute Gasteiger partial charge is 0.241 e. The van der Waals surface area contributed by atoms with Crippen LogP contribution in [0, 0.1) is 0 Å². The maximum atomic E-state index is 13.4. The van der Waals surface area contributed by atoms with E-state index in [1.165, 1.54) is 4.90 Å². The molecule has 30 heavy (non-hydrogen) atoms. The van der Waals surface area contributed by atoms with Gasteiger partial charge in [-0.1, -0.05) is 61.9 Å². The fourth-order valence-electron chi connectivity index (χ4n) is 4.53. The lowest BCUT2D eigenvalue weighted by Crippen LogP contribution is -2.29. The van der Waals surface area contributed by atoms with Gasteiger partial charge in [0.2, 0.25) is 11.8 Å². The molecule has 1 atom stereocenters. The predicted octanol–water partition coefficient (Wildman–Crippen LogP) is 5.64. The summed E-state index contributed by atoms with van der Waals surface area (Å²) < 4.78 is 2.23. The van der Waals surface area contributed by atoms with Gasteiger partial charge in [0, 0.05) is 30.1 Å². The molecule has 4 aromatic rings. The molecule has 0 bridgehead atoms. The van der Waals surface area contributed by atoms with Crippen molar-refractivity contribution in [2.75, 3.05) is 4.90 Å². The molecule has 1 aromatic heterocycles. The number of imide groups is 1. The zero-order chi connectivity index (χ0) is 20.7. The number of unbranched alkanes of at least 4 members (excludes halogenated alkanes) is 1. The molecule has 0 aliphatic carbocycles. The van der Waals surface area contributed by atoms with Crippen molar-refractivity contribution in [2.45, 2.75) is 38.6 Å². The molecular formula is C26H24N2O2. The van der Waals surface area contributed by atoms with Crippen molar-refractivity contribution < 1.29 is 9.59 Å². The van der Waals surface area contributed by atoms with Gasteiger partial charge in [-0.05, 0) is 41.0 Å². The van der Waals surface area contributed by atoms with Gasteiger partial charge in [-0.3, -0.25) is 9.59 Å². The molecule has 0 N–H and O–H groups in total. The standard InChI is InChI=1S/C26H24N2O2/c1-2-3-14-27-17-23(21-10-6-7-11-24(21)27)22-16-25(29)28(26(22)30)20-13-12-18-8-4-5-9-19(18)15-20/h4-13,15,17,22H,2-3,14,16H2,1H3/t22-/m0/s1. The van der Waals surface area contributed by atoms with Crippen LogP contribution < -0.4 is 4.90 Å². The molecule has 4 heteroatoms. The number of amides is 2. The van der Waals surface area contributed by atoms with E-state index < -0.39 is 5.92 Å². The molecule has 1 aliphatic rings. The monoisotopic (exact) mass is 396 g/mol. The number of rotatable bonds is 5. The third-order valence-corrected chi connectivity index (χ3v) is 6.09. The van der Waals surface area contributed by atoms with Gasteiger partial charge in [-0.15, -0.1) is 0 Å². The van der Waals surface area contributed by atoms with Crippen molar-refractivity contribution in [3.05, 3.63) is 78.5 Å². The second kappa shape index (κ2) is 7.45. The van der Waals surface area contributed by atoms with Gasteiger partial charge in [-0.25, -0.2) is 4.90 Å². The van der Waals surface area contributed by atoms with E-state index >= 15 is 0 Å². The molecule has 150 valence electrons. The Hall–Kier alpha value is -3.40. The number of aryl methyl sites for hydroxylation is 1. The van der Waals surface area contributed by atoms with Crippen LogP contribution >= 0.6 is 0 Å². The Morgan fingerprint density at radius 3 is 2.53 bits per heavy atom. The molecule has 0 unspecified atom stereocenters. The summed E-state index contributed by atoms with van der Waals surface area (Å²) in [5.41, 5.74) is 2.75. The Morgan fingerprint density at radius 2 is 1.70 bits per heavy atom. The van der Waals surface area contributed by atoms with Crippen molar-refractivity contribution in [3.63, 3.8) is 0 Å². The van der Waals surface area contributed by atoms with Crippen molar-refractivity contribution in [3.8, 4) is 0 Å². The lowest BCUT2D eigenvalue weighted by Gasteiger charge is -2.16. The van der Waals surface area contributed by atoms with Gasteiger partial charge < -0.3 is 4.57 Å². The van der Waals surface area contributed by atoms with Crippen molar-refractivity contribution >= 4 is 39.2 Å². The topological polar surface area (TPSA) is 42.3 Å². The molecule has 0 spiro atoms. The first-order chi connectivity index (χ1) is 14.7. The molecule has 3 aromatic carbocycles. The normalized spacial score (nSPS) is 16.8. The van der Waals surface area contributed by atoms with Gasteiger partial charge in [0.1, 0.15) is 0 Å². The van der Waals surface area contributed by atoms with E-state index in [1.807, 2.05) is 54.6 Å². The van der Waals surface area contributed by atoms with Crippen LogP contribution in [0.25, 0.3) is 21.7 Å². The molecule has 0 radical (unpaired) electrons. The molecule has 2 amide bonds. The molecule has 5 rings (SSSR count). The first-order valence-corrected chi connectivity index (χ1v) is 10.6. The van der Waals surface area contributed by atoms with Crippen LogP contribution in [0.2, 0.25) is 0 Å². The van der Waals surface area contributed by atoms with E-state index in [9.17, 15) is 9.59 Å². The first kappa shape index (κ1) is 18.6. The van der Waals surface area contributed by atoms with E-state index in [2.05, 4.69) is 29.8 Å². The highest BCUT2D eigenvalue weighted by molar-refractivity contribution is 6.23. The fourth-order valence-corrected chi connectivity index (χ4v) is 4.53. The van der Waals surface area contributed by atoms with E-state index in [0.717, 1.165) is 46.6 Å². The summed E-state index contributed by atoms with van der Waals surface area (Å²) in [4.78, 5) is 27.7. The number of hydrogen-bond acceptors (Lipinski definition) is 2. The number of fused-ring (bicyclic) bond motifs is 2. The highest BCUT2D eigenvalue weighted by Gasteiger charge is 2.41. The van der Waals surface area contributed by atoms with Crippen LogP contribution in [0.5, 0.6) is 0 Å². The quantitative estimate of drug-likeness (QED) is 0.410. The van der Waals surface area contributed by atoms with Crippen molar-refractivity contribution in [2.24, 2.45) is 0 Å². The Morgan fingerprint density at radius 1 is 0.933 bits per heavy atom. The minimum absolute atomic E-state index is 0.131. The van der Waals surface area contributed by atoms with Gasteiger partial charge in [-0.2, -0.15) is 0 Å². The Bertz CT molecular complexity index is 1270. The molecule has 1 saturated heterocycles. The van der Waals surface area contributed by atoms with E-state index in [-0.39, 0.29) is 18.2 Å². The summed E-state index contributed by atoms with van der Waals surface area (Å²) in [5.74, 6) is -0.698. The maximum absolute atomic E-state index is 13.4. The van der Waals surface area contributed by atoms with E-state index in [4.69, 9.17) is 0 Å². The summed E-state index contributed by atoms with van der Waals surface area (Å²) in [6, 6.07) is 21.9. The largest absolute Gasteiger partial charge is 0.347 e. The average molecular weight is 396 g/mol. The zero-order valence-electron chi connectivity index (χ0n) is 17.0. The maximum Gasteiger partial charge on any atom is 0.241 e. The van der Waals surface area contributed by atoms with Gasteiger partial charge >= 0.3 is 0 Å². The summed E-state index contributed by atoms with van der Waals surface area (Å²) in [6.45, 7) is 3.09. The molecule has 1 aliphatic heterocycles. The van der Waals surface area contributed by atoms with Crippen molar-refractivity contribution in [1.29, 1.82) is 0 Å². The van der Waals surface area contributed by atoms with E-state index in [0.29, 0.717) is 5.69 Å². The first-order valence-electron chi connectivity index (χ1n) is 10.6.